The molecule has 22 heavy (non-hydrogen) atoms. The fourth-order valence-corrected chi connectivity index (χ4v) is 3.22. The predicted octanol–water partition coefficient (Wildman–Crippen LogP) is 4.62. The summed E-state index contributed by atoms with van der Waals surface area (Å²) in [6, 6.07) is 7.95. The van der Waals surface area contributed by atoms with Gasteiger partial charge in [0.05, 0.1) is 4.92 Å². The van der Waals surface area contributed by atoms with E-state index in [1.54, 1.807) is 0 Å². The topological polar surface area (TPSA) is 86.5 Å². The summed E-state index contributed by atoms with van der Waals surface area (Å²) in [5, 5.41) is 10.3. The lowest BCUT2D eigenvalue weighted by Crippen LogP contribution is -1.96. The van der Waals surface area contributed by atoms with Gasteiger partial charge in [0.15, 0.2) is 0 Å². The average Bonchev–Trinajstić information content (AvgIpc) is 2.36. The van der Waals surface area contributed by atoms with Gasteiger partial charge in [0, 0.05) is 22.8 Å². The normalized spacial score (nSPS) is 11.2. The van der Waals surface area contributed by atoms with Crippen molar-refractivity contribution in [3.05, 3.63) is 56.6 Å². The SMILES string of the molecule is O=[N+]([O-])c1c(Cl)cc(Oc2ccccc2S(=O)(=O)Cl)cc1Cl. The molecule has 0 spiro atoms. The van der Waals surface area contributed by atoms with Crippen LogP contribution < -0.4 is 4.74 Å². The van der Waals surface area contributed by atoms with E-state index < -0.39 is 19.7 Å². The maximum atomic E-state index is 11.5. The van der Waals surface area contributed by atoms with Gasteiger partial charge in [-0.1, -0.05) is 35.3 Å². The van der Waals surface area contributed by atoms with Gasteiger partial charge in [0.2, 0.25) is 0 Å². The number of nitro benzene ring substituents is 1. The highest BCUT2D eigenvalue weighted by Crippen LogP contribution is 2.39. The molecule has 0 radical (unpaired) electrons. The predicted molar refractivity (Wildman–Crippen MR) is 82.7 cm³/mol. The Bertz CT molecular complexity index is 831. The van der Waals surface area contributed by atoms with Gasteiger partial charge >= 0.3 is 5.69 Å². The molecule has 6 nitrogen and oxygen atoms in total. The van der Waals surface area contributed by atoms with Crippen LogP contribution in [0, 0.1) is 10.1 Å². The summed E-state index contributed by atoms with van der Waals surface area (Å²) < 4.78 is 28.3. The Morgan fingerprint density at radius 3 is 2.14 bits per heavy atom. The number of rotatable bonds is 4. The summed E-state index contributed by atoms with van der Waals surface area (Å²) in [7, 11) is 1.29. The van der Waals surface area contributed by atoms with Gasteiger partial charge in [-0.15, -0.1) is 0 Å². The number of hydrogen-bond acceptors (Lipinski definition) is 5. The standard InChI is InChI=1S/C12H6Cl3NO5S/c13-8-5-7(6-9(14)12(8)16(17)18)21-10-3-1-2-4-11(10)22(15,19)20/h1-6H. The summed E-state index contributed by atoms with van der Waals surface area (Å²) >= 11 is 11.6. The number of nitrogens with zero attached hydrogens (tertiary/aromatic N) is 1. The van der Waals surface area contributed by atoms with Crippen molar-refractivity contribution in [3.63, 3.8) is 0 Å². The fraction of sp³-hybridized carbons (Fsp3) is 0. The molecule has 2 aromatic carbocycles. The molecule has 0 atom stereocenters. The van der Waals surface area contributed by atoms with Gasteiger partial charge in [-0.25, -0.2) is 8.42 Å². The lowest BCUT2D eigenvalue weighted by atomic mass is 10.3. The molecular formula is C12H6Cl3NO5S. The molecule has 0 N–H and O–H groups in total. The van der Waals surface area contributed by atoms with Crippen molar-refractivity contribution in [2.75, 3.05) is 0 Å². The number of para-hydroxylation sites is 1. The van der Waals surface area contributed by atoms with E-state index in [1.165, 1.54) is 24.3 Å². The van der Waals surface area contributed by atoms with Gasteiger partial charge in [-0.05, 0) is 12.1 Å². The van der Waals surface area contributed by atoms with E-state index in [0.717, 1.165) is 12.1 Å². The second-order valence-corrected chi connectivity index (χ2v) is 7.33. The Hall–Kier alpha value is -1.54. The highest BCUT2D eigenvalue weighted by Gasteiger charge is 2.21. The third-order valence-electron chi connectivity index (χ3n) is 2.51. The first-order valence-corrected chi connectivity index (χ1v) is 8.61. The minimum absolute atomic E-state index is 0.0355. The molecule has 2 aromatic rings. The van der Waals surface area contributed by atoms with Gasteiger partial charge in [-0.2, -0.15) is 0 Å². The largest absolute Gasteiger partial charge is 0.456 e. The fourth-order valence-electron chi connectivity index (χ4n) is 1.64. The van der Waals surface area contributed by atoms with Crippen molar-refractivity contribution in [1.29, 1.82) is 0 Å². The lowest BCUT2D eigenvalue weighted by molar-refractivity contribution is -0.384. The molecule has 0 aliphatic rings. The molecule has 2 rings (SSSR count). The molecule has 0 saturated carbocycles. The van der Waals surface area contributed by atoms with E-state index in [0.29, 0.717) is 0 Å². The maximum Gasteiger partial charge on any atom is 0.306 e. The van der Waals surface area contributed by atoms with Crippen LogP contribution in [-0.2, 0) is 9.05 Å². The molecule has 0 saturated heterocycles. The second-order valence-electron chi connectivity index (χ2n) is 3.98. The zero-order valence-electron chi connectivity index (χ0n) is 10.5. The number of hydrogen-bond donors (Lipinski definition) is 0. The van der Waals surface area contributed by atoms with Crippen molar-refractivity contribution >= 4 is 48.6 Å². The van der Waals surface area contributed by atoms with Crippen molar-refractivity contribution < 1.29 is 18.1 Å². The van der Waals surface area contributed by atoms with Crippen LogP contribution in [0.25, 0.3) is 0 Å². The third kappa shape index (κ3) is 3.61. The van der Waals surface area contributed by atoms with E-state index in [9.17, 15) is 18.5 Å². The smallest absolute Gasteiger partial charge is 0.306 e. The van der Waals surface area contributed by atoms with E-state index in [-0.39, 0.29) is 26.4 Å². The minimum Gasteiger partial charge on any atom is -0.456 e. The maximum absolute atomic E-state index is 11.5. The van der Waals surface area contributed by atoms with Crippen molar-refractivity contribution in [1.82, 2.24) is 0 Å². The van der Waals surface area contributed by atoms with Gasteiger partial charge in [-0.3, -0.25) is 10.1 Å². The number of halogens is 3. The van der Waals surface area contributed by atoms with E-state index in [1.807, 2.05) is 0 Å². The van der Waals surface area contributed by atoms with E-state index in [2.05, 4.69) is 0 Å². The van der Waals surface area contributed by atoms with Crippen LogP contribution in [0.2, 0.25) is 10.0 Å². The number of benzene rings is 2. The van der Waals surface area contributed by atoms with Crippen molar-refractivity contribution in [2.24, 2.45) is 0 Å². The highest BCUT2D eigenvalue weighted by atomic mass is 35.7. The molecule has 0 heterocycles. The van der Waals surface area contributed by atoms with E-state index in [4.69, 9.17) is 38.6 Å². The van der Waals surface area contributed by atoms with Crippen LogP contribution in [0.3, 0.4) is 0 Å². The summed E-state index contributed by atoms with van der Waals surface area (Å²) in [6.07, 6.45) is 0. The lowest BCUT2D eigenvalue weighted by Gasteiger charge is -2.10. The quantitative estimate of drug-likeness (QED) is 0.437. The van der Waals surface area contributed by atoms with Gasteiger partial charge in [0.25, 0.3) is 9.05 Å². The van der Waals surface area contributed by atoms with Crippen LogP contribution in [0.4, 0.5) is 5.69 Å². The average molecular weight is 383 g/mol. The molecule has 0 amide bonds. The van der Waals surface area contributed by atoms with Crippen molar-refractivity contribution in [3.8, 4) is 11.5 Å². The molecule has 10 heteroatoms. The monoisotopic (exact) mass is 381 g/mol. The van der Waals surface area contributed by atoms with Crippen LogP contribution in [0.5, 0.6) is 11.5 Å². The number of nitro groups is 1. The first-order chi connectivity index (χ1) is 10.2. The molecule has 0 bridgehead atoms. The van der Waals surface area contributed by atoms with Crippen LogP contribution in [0.15, 0.2) is 41.3 Å². The molecule has 0 aliphatic heterocycles. The zero-order chi connectivity index (χ0) is 16.5. The second kappa shape index (κ2) is 6.29. The van der Waals surface area contributed by atoms with E-state index >= 15 is 0 Å². The Kier molecular flexibility index (Phi) is 4.81. The Balaban J connectivity index is 2.48. The molecule has 0 fully saturated rings. The Morgan fingerprint density at radius 1 is 1.09 bits per heavy atom. The number of ether oxygens (including phenoxy) is 1. The van der Waals surface area contributed by atoms with Crippen LogP contribution in [0.1, 0.15) is 0 Å². The van der Waals surface area contributed by atoms with Crippen LogP contribution in [-0.4, -0.2) is 13.3 Å². The minimum atomic E-state index is -4.02. The highest BCUT2D eigenvalue weighted by molar-refractivity contribution is 8.13. The van der Waals surface area contributed by atoms with Gasteiger partial charge < -0.3 is 4.74 Å². The molecule has 0 unspecified atom stereocenters. The first-order valence-electron chi connectivity index (χ1n) is 5.55. The molecule has 0 aliphatic carbocycles. The zero-order valence-corrected chi connectivity index (χ0v) is 13.6. The Morgan fingerprint density at radius 2 is 1.64 bits per heavy atom. The van der Waals surface area contributed by atoms with Crippen LogP contribution >= 0.6 is 33.9 Å². The third-order valence-corrected chi connectivity index (χ3v) is 4.45. The Labute approximate surface area is 139 Å². The summed E-state index contributed by atoms with van der Waals surface area (Å²) in [5.74, 6) is -0.0214. The molecule has 116 valence electrons. The summed E-state index contributed by atoms with van der Waals surface area (Å²) in [4.78, 5) is 9.82. The molecular weight excluding hydrogens is 377 g/mol. The van der Waals surface area contributed by atoms with Gasteiger partial charge in [0.1, 0.15) is 26.4 Å². The molecule has 0 aromatic heterocycles. The summed E-state index contributed by atoms with van der Waals surface area (Å²) in [6.45, 7) is 0. The van der Waals surface area contributed by atoms with Crippen molar-refractivity contribution in [2.45, 2.75) is 4.90 Å². The first kappa shape index (κ1) is 16.8. The summed E-state index contributed by atoms with van der Waals surface area (Å²) in [5.41, 5.74) is -0.464.